The average molecular weight is 241 g/mol. The van der Waals surface area contributed by atoms with E-state index < -0.39 is 18.0 Å². The lowest BCUT2D eigenvalue weighted by Gasteiger charge is -2.22. The number of cyclic esters (lactones) is 1. The maximum absolute atomic E-state index is 11.6. The summed E-state index contributed by atoms with van der Waals surface area (Å²) in [4.78, 5) is 22.8. The number of methoxy groups -OCH3 is 1. The molecule has 0 aromatic heterocycles. The van der Waals surface area contributed by atoms with E-state index in [1.165, 1.54) is 7.11 Å². The van der Waals surface area contributed by atoms with Crippen molar-refractivity contribution in [3.8, 4) is 0 Å². The predicted molar refractivity (Wildman–Crippen MR) is 56.4 cm³/mol. The Labute approximate surface area is 97.1 Å². The summed E-state index contributed by atoms with van der Waals surface area (Å²) >= 11 is 5.82. The monoisotopic (exact) mass is 240 g/mol. The molecule has 1 atom stereocenters. The molecule has 1 aromatic carbocycles. The Kier molecular flexibility index (Phi) is 2.83. The summed E-state index contributed by atoms with van der Waals surface area (Å²) in [5.41, 5.74) is 1.16. The molecule has 2 rings (SSSR count). The normalized spacial score (nSPS) is 18.6. The maximum Gasteiger partial charge on any atom is 0.347 e. The van der Waals surface area contributed by atoms with Gasteiger partial charge in [0.25, 0.3) is 0 Å². The van der Waals surface area contributed by atoms with Crippen LogP contribution in [0.15, 0.2) is 18.2 Å². The van der Waals surface area contributed by atoms with Gasteiger partial charge < -0.3 is 9.47 Å². The van der Waals surface area contributed by atoms with Crippen LogP contribution in [0.5, 0.6) is 0 Å². The molecule has 1 aromatic rings. The van der Waals surface area contributed by atoms with E-state index in [-0.39, 0.29) is 0 Å². The van der Waals surface area contributed by atoms with Gasteiger partial charge in [0.05, 0.1) is 12.7 Å². The Morgan fingerprint density at radius 3 is 3.00 bits per heavy atom. The topological polar surface area (TPSA) is 52.6 Å². The van der Waals surface area contributed by atoms with Crippen LogP contribution in [-0.2, 0) is 20.7 Å². The molecular weight excluding hydrogens is 232 g/mol. The van der Waals surface area contributed by atoms with Gasteiger partial charge in [-0.1, -0.05) is 11.6 Å². The average Bonchev–Trinajstić information content (AvgIpc) is 2.27. The molecule has 1 heterocycles. The van der Waals surface area contributed by atoms with Crippen molar-refractivity contribution in [3.63, 3.8) is 0 Å². The molecule has 0 saturated heterocycles. The van der Waals surface area contributed by atoms with Crippen molar-refractivity contribution < 1.29 is 19.1 Å². The molecule has 1 aliphatic heterocycles. The summed E-state index contributed by atoms with van der Waals surface area (Å²) in [5, 5.41) is 0.525. The van der Waals surface area contributed by atoms with Crippen molar-refractivity contribution in [2.24, 2.45) is 0 Å². The fourth-order valence-electron chi connectivity index (χ4n) is 1.63. The highest BCUT2D eigenvalue weighted by molar-refractivity contribution is 6.30. The van der Waals surface area contributed by atoms with Gasteiger partial charge in [0.2, 0.25) is 6.10 Å². The second kappa shape index (κ2) is 4.14. The second-order valence-electron chi connectivity index (χ2n) is 3.42. The number of carbonyl (C=O) groups is 2. The van der Waals surface area contributed by atoms with E-state index in [1.54, 1.807) is 18.2 Å². The van der Waals surface area contributed by atoms with Crippen molar-refractivity contribution in [2.45, 2.75) is 12.5 Å². The number of hydrogen-bond acceptors (Lipinski definition) is 4. The summed E-state index contributed by atoms with van der Waals surface area (Å²) in [5.74, 6) is -1.08. The molecule has 0 amide bonds. The molecule has 0 saturated carbocycles. The third-order valence-corrected chi connectivity index (χ3v) is 2.64. The first-order chi connectivity index (χ1) is 7.61. The van der Waals surface area contributed by atoms with Crippen LogP contribution in [0, 0.1) is 0 Å². The molecular formula is C11H9ClO4. The molecule has 0 spiro atoms. The zero-order chi connectivity index (χ0) is 11.7. The zero-order valence-corrected chi connectivity index (χ0v) is 9.28. The highest BCUT2D eigenvalue weighted by Crippen LogP contribution is 2.24. The van der Waals surface area contributed by atoms with Gasteiger partial charge in [0, 0.05) is 11.4 Å². The van der Waals surface area contributed by atoms with Crippen LogP contribution in [0.25, 0.3) is 0 Å². The van der Waals surface area contributed by atoms with Gasteiger partial charge in [-0.3, -0.25) is 0 Å². The Balaban J connectivity index is 2.34. The number of rotatable bonds is 1. The molecule has 84 valence electrons. The third-order valence-electron chi connectivity index (χ3n) is 2.41. The SMILES string of the molecule is COC(=O)C1Cc2cc(Cl)ccc2C(=O)O1. The molecule has 1 unspecified atom stereocenters. The summed E-state index contributed by atoms with van der Waals surface area (Å²) in [6.45, 7) is 0. The number of benzene rings is 1. The third kappa shape index (κ3) is 1.88. The van der Waals surface area contributed by atoms with E-state index in [4.69, 9.17) is 16.3 Å². The van der Waals surface area contributed by atoms with E-state index in [0.717, 1.165) is 0 Å². The predicted octanol–water partition coefficient (Wildman–Crippen LogP) is 1.59. The minimum absolute atomic E-state index is 0.300. The van der Waals surface area contributed by atoms with Gasteiger partial charge >= 0.3 is 11.9 Å². The van der Waals surface area contributed by atoms with Crippen LogP contribution in [-0.4, -0.2) is 25.2 Å². The molecule has 0 radical (unpaired) electrons. The molecule has 1 aliphatic rings. The number of fused-ring (bicyclic) bond motifs is 1. The maximum atomic E-state index is 11.6. The first-order valence-electron chi connectivity index (χ1n) is 4.69. The highest BCUT2D eigenvalue weighted by atomic mass is 35.5. The fourth-order valence-corrected chi connectivity index (χ4v) is 1.82. The van der Waals surface area contributed by atoms with Crippen molar-refractivity contribution >= 4 is 23.5 Å². The molecule has 0 N–H and O–H groups in total. The van der Waals surface area contributed by atoms with Gasteiger partial charge in [-0.2, -0.15) is 0 Å². The van der Waals surface area contributed by atoms with E-state index in [2.05, 4.69) is 4.74 Å². The Bertz CT molecular complexity index is 455. The highest BCUT2D eigenvalue weighted by Gasteiger charge is 2.31. The van der Waals surface area contributed by atoms with Crippen molar-refractivity contribution in [2.75, 3.05) is 7.11 Å². The fraction of sp³-hybridized carbons (Fsp3) is 0.273. The standard InChI is InChI=1S/C11H9ClO4/c1-15-11(14)9-5-6-4-7(12)2-3-8(6)10(13)16-9/h2-4,9H,5H2,1H3. The van der Waals surface area contributed by atoms with Crippen LogP contribution in [0.2, 0.25) is 5.02 Å². The number of hydrogen-bond donors (Lipinski definition) is 0. The van der Waals surface area contributed by atoms with Crippen LogP contribution >= 0.6 is 11.6 Å². The molecule has 0 fully saturated rings. The minimum atomic E-state index is -0.872. The number of ether oxygens (including phenoxy) is 2. The lowest BCUT2D eigenvalue weighted by atomic mass is 9.99. The lowest BCUT2D eigenvalue weighted by Crippen LogP contribution is -2.35. The lowest BCUT2D eigenvalue weighted by molar-refractivity contribution is -0.151. The zero-order valence-electron chi connectivity index (χ0n) is 8.53. The first kappa shape index (κ1) is 11.0. The van der Waals surface area contributed by atoms with Crippen LogP contribution in [0.4, 0.5) is 0 Å². The second-order valence-corrected chi connectivity index (χ2v) is 3.86. The smallest absolute Gasteiger partial charge is 0.347 e. The van der Waals surface area contributed by atoms with Crippen molar-refractivity contribution in [1.82, 2.24) is 0 Å². The molecule has 0 bridgehead atoms. The number of halogens is 1. The Hall–Kier alpha value is -1.55. The quantitative estimate of drug-likeness (QED) is 0.700. The van der Waals surface area contributed by atoms with Gasteiger partial charge in [-0.15, -0.1) is 0 Å². The molecule has 16 heavy (non-hydrogen) atoms. The summed E-state index contributed by atoms with van der Waals surface area (Å²) in [7, 11) is 1.25. The summed E-state index contributed by atoms with van der Waals surface area (Å²) in [6.07, 6.45) is -0.572. The Morgan fingerprint density at radius 1 is 1.56 bits per heavy atom. The van der Waals surface area contributed by atoms with Crippen molar-refractivity contribution in [1.29, 1.82) is 0 Å². The van der Waals surface area contributed by atoms with Gasteiger partial charge in [-0.05, 0) is 23.8 Å². The van der Waals surface area contributed by atoms with E-state index in [0.29, 0.717) is 22.6 Å². The number of carbonyl (C=O) groups excluding carboxylic acids is 2. The largest absolute Gasteiger partial charge is 0.466 e. The summed E-state index contributed by atoms with van der Waals surface area (Å²) in [6, 6.07) is 4.86. The summed E-state index contributed by atoms with van der Waals surface area (Å²) < 4.78 is 9.48. The Morgan fingerprint density at radius 2 is 2.31 bits per heavy atom. The van der Waals surface area contributed by atoms with E-state index in [9.17, 15) is 9.59 Å². The minimum Gasteiger partial charge on any atom is -0.466 e. The van der Waals surface area contributed by atoms with E-state index in [1.807, 2.05) is 0 Å². The van der Waals surface area contributed by atoms with E-state index >= 15 is 0 Å². The molecule has 4 nitrogen and oxygen atoms in total. The van der Waals surface area contributed by atoms with Crippen molar-refractivity contribution in [3.05, 3.63) is 34.3 Å². The van der Waals surface area contributed by atoms with Crippen LogP contribution in [0.3, 0.4) is 0 Å². The molecule has 0 aliphatic carbocycles. The van der Waals surface area contributed by atoms with Gasteiger partial charge in [-0.25, -0.2) is 9.59 Å². The molecule has 5 heteroatoms. The first-order valence-corrected chi connectivity index (χ1v) is 5.07. The van der Waals surface area contributed by atoms with Gasteiger partial charge in [0.1, 0.15) is 0 Å². The van der Waals surface area contributed by atoms with Crippen LogP contribution in [0.1, 0.15) is 15.9 Å². The van der Waals surface area contributed by atoms with Crippen LogP contribution < -0.4 is 0 Å². The van der Waals surface area contributed by atoms with Gasteiger partial charge in [0.15, 0.2) is 0 Å². The number of esters is 2.